The molecule has 6 heteroatoms. The number of fused-ring (bicyclic) bond motifs is 1. The Morgan fingerprint density at radius 3 is 2.71 bits per heavy atom. The summed E-state index contributed by atoms with van der Waals surface area (Å²) in [6.45, 7) is 4.78. The van der Waals surface area contributed by atoms with Crippen molar-refractivity contribution in [3.63, 3.8) is 0 Å². The van der Waals surface area contributed by atoms with Gasteiger partial charge in [0.1, 0.15) is 0 Å². The number of nitrogen functional groups attached to an aromatic ring is 1. The third-order valence-corrected chi connectivity index (χ3v) is 4.39. The molecule has 112 valence electrons. The van der Waals surface area contributed by atoms with Gasteiger partial charge in [-0.3, -0.25) is 9.88 Å². The Morgan fingerprint density at radius 2 is 2.00 bits per heavy atom. The number of halogens is 1. The topological polar surface area (TPSA) is 65.6 Å². The molecule has 0 radical (unpaired) electrons. The number of aliphatic hydroxyl groups is 1. The van der Waals surface area contributed by atoms with Gasteiger partial charge >= 0.3 is 0 Å². The molecule has 1 aromatic heterocycles. The van der Waals surface area contributed by atoms with E-state index in [2.05, 4.69) is 36.8 Å². The second kappa shape index (κ2) is 6.17. The first-order chi connectivity index (χ1) is 10.2. The van der Waals surface area contributed by atoms with E-state index in [1.54, 1.807) is 0 Å². The van der Waals surface area contributed by atoms with Crippen LogP contribution in [0.15, 0.2) is 28.9 Å². The minimum Gasteiger partial charge on any atom is -0.398 e. The van der Waals surface area contributed by atoms with Gasteiger partial charge in [-0.1, -0.05) is 0 Å². The minimum atomic E-state index is 0.223. The van der Waals surface area contributed by atoms with Gasteiger partial charge in [0.05, 0.1) is 17.8 Å². The van der Waals surface area contributed by atoms with Crippen molar-refractivity contribution in [3.8, 4) is 0 Å². The van der Waals surface area contributed by atoms with Crippen molar-refractivity contribution in [2.45, 2.75) is 0 Å². The number of pyridine rings is 1. The van der Waals surface area contributed by atoms with Gasteiger partial charge in [0, 0.05) is 54.5 Å². The molecule has 1 aromatic carbocycles. The highest BCUT2D eigenvalue weighted by molar-refractivity contribution is 9.10. The standard InChI is InChI=1S/C15H19BrN4O/c16-11-9-12-13(17)1-2-14(15(12)18-10-11)20-5-3-19(4-6-20)7-8-21/h1-2,9-10,21H,3-8,17H2. The molecule has 0 aliphatic carbocycles. The molecule has 1 fully saturated rings. The van der Waals surface area contributed by atoms with Gasteiger partial charge < -0.3 is 15.7 Å². The third kappa shape index (κ3) is 2.97. The Kier molecular flexibility index (Phi) is 4.28. The van der Waals surface area contributed by atoms with Crippen LogP contribution in [0.25, 0.3) is 10.9 Å². The molecular weight excluding hydrogens is 332 g/mol. The van der Waals surface area contributed by atoms with Crippen LogP contribution in [0.1, 0.15) is 0 Å². The number of β-amino-alcohol motifs (C(OH)–C–C–N with tert-alkyl or cyclic N) is 1. The number of nitrogens with zero attached hydrogens (tertiary/aromatic N) is 3. The van der Waals surface area contributed by atoms with Crippen molar-refractivity contribution < 1.29 is 5.11 Å². The molecule has 21 heavy (non-hydrogen) atoms. The Balaban J connectivity index is 1.90. The van der Waals surface area contributed by atoms with Crippen molar-refractivity contribution in [2.75, 3.05) is 50.0 Å². The largest absolute Gasteiger partial charge is 0.398 e. The second-order valence-electron chi connectivity index (χ2n) is 5.28. The summed E-state index contributed by atoms with van der Waals surface area (Å²) in [6, 6.07) is 6.02. The number of hydrogen-bond donors (Lipinski definition) is 2. The van der Waals surface area contributed by atoms with E-state index < -0.39 is 0 Å². The molecule has 1 saturated heterocycles. The second-order valence-corrected chi connectivity index (χ2v) is 6.19. The molecule has 2 heterocycles. The molecule has 3 N–H and O–H groups in total. The van der Waals surface area contributed by atoms with Crippen molar-refractivity contribution in [2.24, 2.45) is 0 Å². The number of rotatable bonds is 3. The number of aromatic nitrogens is 1. The predicted octanol–water partition coefficient (Wildman–Crippen LogP) is 1.69. The van der Waals surface area contributed by atoms with Gasteiger partial charge in [0.15, 0.2) is 0 Å². The van der Waals surface area contributed by atoms with E-state index in [4.69, 9.17) is 10.8 Å². The van der Waals surface area contributed by atoms with Gasteiger partial charge in [-0.05, 0) is 34.1 Å². The summed E-state index contributed by atoms with van der Waals surface area (Å²) in [5, 5.41) is 10.0. The number of hydrogen-bond acceptors (Lipinski definition) is 5. The fraction of sp³-hybridized carbons (Fsp3) is 0.400. The van der Waals surface area contributed by atoms with Gasteiger partial charge in [-0.25, -0.2) is 0 Å². The highest BCUT2D eigenvalue weighted by Gasteiger charge is 2.19. The summed E-state index contributed by atoms with van der Waals surface area (Å²) in [7, 11) is 0. The number of aliphatic hydroxyl groups excluding tert-OH is 1. The van der Waals surface area contributed by atoms with Crippen LogP contribution < -0.4 is 10.6 Å². The van der Waals surface area contributed by atoms with Crippen LogP contribution in [0.3, 0.4) is 0 Å². The van der Waals surface area contributed by atoms with E-state index in [9.17, 15) is 0 Å². The predicted molar refractivity (Wildman–Crippen MR) is 89.6 cm³/mol. The number of piperazine rings is 1. The molecule has 1 aliphatic heterocycles. The van der Waals surface area contributed by atoms with Gasteiger partial charge in [-0.2, -0.15) is 0 Å². The lowest BCUT2D eigenvalue weighted by Crippen LogP contribution is -2.47. The number of benzene rings is 1. The Hall–Kier alpha value is -1.37. The maximum Gasteiger partial charge on any atom is 0.0956 e. The molecule has 3 rings (SSSR count). The van der Waals surface area contributed by atoms with E-state index >= 15 is 0 Å². The lowest BCUT2D eigenvalue weighted by molar-refractivity contribution is 0.189. The highest BCUT2D eigenvalue weighted by Crippen LogP contribution is 2.31. The van der Waals surface area contributed by atoms with Crippen LogP contribution in [-0.2, 0) is 0 Å². The molecule has 0 unspecified atom stereocenters. The summed E-state index contributed by atoms with van der Waals surface area (Å²) in [4.78, 5) is 9.17. The monoisotopic (exact) mass is 350 g/mol. The normalized spacial score (nSPS) is 16.6. The molecule has 0 spiro atoms. The number of anilines is 2. The maximum atomic E-state index is 9.02. The van der Waals surface area contributed by atoms with E-state index in [1.165, 1.54) is 0 Å². The molecule has 5 nitrogen and oxygen atoms in total. The molecule has 0 amide bonds. The van der Waals surface area contributed by atoms with Crippen molar-refractivity contribution in [3.05, 3.63) is 28.9 Å². The average molecular weight is 351 g/mol. The molecule has 2 aromatic rings. The Labute approximate surface area is 132 Å². The van der Waals surface area contributed by atoms with Crippen LogP contribution in [0.5, 0.6) is 0 Å². The van der Waals surface area contributed by atoms with Crippen molar-refractivity contribution >= 4 is 38.2 Å². The van der Waals surface area contributed by atoms with E-state index in [-0.39, 0.29) is 6.61 Å². The van der Waals surface area contributed by atoms with Crippen molar-refractivity contribution in [1.29, 1.82) is 0 Å². The van der Waals surface area contributed by atoms with Crippen LogP contribution >= 0.6 is 15.9 Å². The zero-order valence-electron chi connectivity index (χ0n) is 11.8. The minimum absolute atomic E-state index is 0.223. The Bertz CT molecular complexity index is 641. The molecule has 0 saturated carbocycles. The zero-order chi connectivity index (χ0) is 14.8. The highest BCUT2D eigenvalue weighted by atomic mass is 79.9. The van der Waals surface area contributed by atoms with Crippen molar-refractivity contribution in [1.82, 2.24) is 9.88 Å². The first-order valence-electron chi connectivity index (χ1n) is 7.11. The molecule has 0 atom stereocenters. The number of nitrogens with two attached hydrogens (primary N) is 1. The summed E-state index contributed by atoms with van der Waals surface area (Å²) in [5.74, 6) is 0. The van der Waals surface area contributed by atoms with E-state index in [0.29, 0.717) is 0 Å². The zero-order valence-corrected chi connectivity index (χ0v) is 13.4. The van der Waals surface area contributed by atoms with Crippen LogP contribution in [-0.4, -0.2) is 54.3 Å². The van der Waals surface area contributed by atoms with Gasteiger partial charge in [0.2, 0.25) is 0 Å². The fourth-order valence-corrected chi connectivity index (χ4v) is 3.14. The van der Waals surface area contributed by atoms with Crippen LogP contribution in [0, 0.1) is 0 Å². The van der Waals surface area contributed by atoms with Gasteiger partial charge in [0.25, 0.3) is 0 Å². The van der Waals surface area contributed by atoms with Crippen LogP contribution in [0.2, 0.25) is 0 Å². The summed E-state index contributed by atoms with van der Waals surface area (Å²) < 4.78 is 0.937. The lowest BCUT2D eigenvalue weighted by atomic mass is 10.1. The van der Waals surface area contributed by atoms with Gasteiger partial charge in [-0.15, -0.1) is 0 Å². The first-order valence-corrected chi connectivity index (χ1v) is 7.90. The van der Waals surface area contributed by atoms with E-state index in [1.807, 2.05) is 18.3 Å². The van der Waals surface area contributed by atoms with E-state index in [0.717, 1.165) is 59.5 Å². The Morgan fingerprint density at radius 1 is 1.24 bits per heavy atom. The smallest absolute Gasteiger partial charge is 0.0956 e. The average Bonchev–Trinajstić information content (AvgIpc) is 2.50. The first kappa shape index (κ1) is 14.6. The molecule has 0 bridgehead atoms. The molecular formula is C15H19BrN4O. The van der Waals surface area contributed by atoms with Crippen LogP contribution in [0.4, 0.5) is 11.4 Å². The third-order valence-electron chi connectivity index (χ3n) is 3.96. The summed E-state index contributed by atoms with van der Waals surface area (Å²) in [6.07, 6.45) is 1.81. The maximum absolute atomic E-state index is 9.02. The quantitative estimate of drug-likeness (QED) is 0.824. The lowest BCUT2D eigenvalue weighted by Gasteiger charge is -2.36. The summed E-state index contributed by atoms with van der Waals surface area (Å²) >= 11 is 3.45. The SMILES string of the molecule is Nc1ccc(N2CCN(CCO)CC2)c2ncc(Br)cc12. The molecule has 1 aliphatic rings. The summed E-state index contributed by atoms with van der Waals surface area (Å²) in [5.41, 5.74) is 8.91. The fourth-order valence-electron chi connectivity index (χ4n) is 2.81.